The molecule has 162 valence electrons. The van der Waals surface area contributed by atoms with Crippen molar-refractivity contribution in [3.63, 3.8) is 0 Å². The van der Waals surface area contributed by atoms with Gasteiger partial charge >= 0.3 is 12.2 Å². The van der Waals surface area contributed by atoms with Crippen LogP contribution >= 0.6 is 0 Å². The highest BCUT2D eigenvalue weighted by atomic mass is 19.4. The largest absolute Gasteiger partial charge is 0.467 e. The summed E-state index contributed by atoms with van der Waals surface area (Å²) in [5.41, 5.74) is -0.499. The highest BCUT2D eigenvalue weighted by Crippen LogP contribution is 2.36. The number of fused-ring (bicyclic) bond motifs is 2. The molecule has 0 unspecified atom stereocenters. The lowest BCUT2D eigenvalue weighted by atomic mass is 9.96. The molecule has 5 nitrogen and oxygen atoms in total. The van der Waals surface area contributed by atoms with Crippen LogP contribution in [0.1, 0.15) is 5.56 Å². The topological polar surface area (TPSA) is 57.1 Å². The van der Waals surface area contributed by atoms with E-state index in [1.54, 1.807) is 12.1 Å². The third-order valence-electron chi connectivity index (χ3n) is 4.58. The summed E-state index contributed by atoms with van der Waals surface area (Å²) in [6, 6.07) is 7.07. The molecule has 0 amide bonds. The minimum atomic E-state index is -4.64. The molecular weight excluding hydrogens is 433 g/mol. The summed E-state index contributed by atoms with van der Waals surface area (Å²) in [6.07, 6.45) is 1.90. The van der Waals surface area contributed by atoms with Gasteiger partial charge < -0.3 is 9.47 Å². The molecule has 10 heteroatoms. The lowest BCUT2D eigenvalue weighted by molar-refractivity contribution is -0.153. The van der Waals surface area contributed by atoms with Crippen LogP contribution in [0.2, 0.25) is 0 Å². The molecule has 0 spiro atoms. The molecule has 0 aliphatic heterocycles. The van der Waals surface area contributed by atoms with Gasteiger partial charge in [-0.05, 0) is 11.5 Å². The maximum atomic E-state index is 15.6. The van der Waals surface area contributed by atoms with Gasteiger partial charge in [0.25, 0.3) is 0 Å². The van der Waals surface area contributed by atoms with E-state index in [4.69, 9.17) is 15.9 Å². The highest BCUT2D eigenvalue weighted by Gasteiger charge is 2.30. The first-order valence-electron chi connectivity index (χ1n) is 9.01. The molecule has 0 bridgehead atoms. The van der Waals surface area contributed by atoms with Crippen molar-refractivity contribution in [1.29, 1.82) is 0 Å². The molecule has 0 aliphatic carbocycles. The fourth-order valence-electron chi connectivity index (χ4n) is 3.24. The van der Waals surface area contributed by atoms with Gasteiger partial charge in [0.05, 0.1) is 18.1 Å². The van der Waals surface area contributed by atoms with Gasteiger partial charge in [-0.25, -0.2) is 8.78 Å². The molecule has 0 saturated carbocycles. The van der Waals surface area contributed by atoms with Crippen LogP contribution in [0.5, 0.6) is 11.9 Å². The Kier molecular flexibility index (Phi) is 5.26. The Balaban J connectivity index is 1.98. The minimum Gasteiger partial charge on any atom is -0.467 e. The van der Waals surface area contributed by atoms with Crippen LogP contribution in [0.15, 0.2) is 36.5 Å². The Hall–Kier alpha value is -4.00. The van der Waals surface area contributed by atoms with E-state index in [1.807, 2.05) is 0 Å². The number of aromatic nitrogens is 3. The van der Waals surface area contributed by atoms with Crippen molar-refractivity contribution in [2.75, 3.05) is 13.7 Å². The number of alkyl halides is 3. The van der Waals surface area contributed by atoms with Gasteiger partial charge in [-0.15, -0.1) is 6.42 Å². The van der Waals surface area contributed by atoms with E-state index in [2.05, 4.69) is 20.9 Å². The number of hydrogen-bond donors (Lipinski definition) is 0. The number of pyridine rings is 1. The molecule has 0 aliphatic rings. The third kappa shape index (κ3) is 3.73. The van der Waals surface area contributed by atoms with E-state index in [0.717, 1.165) is 6.20 Å². The minimum absolute atomic E-state index is 0.0751. The molecule has 2 heterocycles. The van der Waals surface area contributed by atoms with E-state index in [9.17, 15) is 17.6 Å². The summed E-state index contributed by atoms with van der Waals surface area (Å²) in [6.45, 7) is -1.65. The Bertz CT molecular complexity index is 1400. The van der Waals surface area contributed by atoms with Crippen molar-refractivity contribution in [2.24, 2.45) is 0 Å². The highest BCUT2D eigenvalue weighted by molar-refractivity contribution is 6.01. The molecule has 0 saturated heterocycles. The Morgan fingerprint density at radius 2 is 1.88 bits per heavy atom. The molecule has 0 fully saturated rings. The first-order chi connectivity index (χ1) is 15.2. The number of halogens is 5. The maximum Gasteiger partial charge on any atom is 0.422 e. The fourth-order valence-corrected chi connectivity index (χ4v) is 3.24. The first-order valence-corrected chi connectivity index (χ1v) is 9.01. The van der Waals surface area contributed by atoms with E-state index < -0.39 is 36.3 Å². The van der Waals surface area contributed by atoms with Gasteiger partial charge in [0.2, 0.25) is 5.88 Å². The smallest absolute Gasteiger partial charge is 0.422 e. The molecule has 0 N–H and O–H groups in total. The Labute approximate surface area is 177 Å². The number of benzene rings is 2. The second-order valence-electron chi connectivity index (χ2n) is 6.57. The zero-order valence-corrected chi connectivity index (χ0v) is 16.3. The van der Waals surface area contributed by atoms with Gasteiger partial charge in [0, 0.05) is 17.1 Å². The number of ether oxygens (including phenoxy) is 2. The summed E-state index contributed by atoms with van der Waals surface area (Å²) < 4.78 is 77.3. The molecule has 32 heavy (non-hydrogen) atoms. The van der Waals surface area contributed by atoms with Gasteiger partial charge in [-0.1, -0.05) is 30.2 Å². The van der Waals surface area contributed by atoms with Crippen molar-refractivity contribution in [3.05, 3.63) is 53.7 Å². The molecular formula is C22H12F5N3O2. The molecule has 0 radical (unpaired) electrons. The molecule has 2 aromatic carbocycles. The predicted molar refractivity (Wildman–Crippen MR) is 106 cm³/mol. The standard InChI is InChI=1S/C22H12F5N3O2/c1-3-12-15(23)8-7-11-5-4-6-13(16(11)12)18-17(24)19-14(9-28-18)20(30-21(29-19)31-2)32-10-22(25,26)27/h1,4-9H,10H2,2H3. The number of hydrogen-bond acceptors (Lipinski definition) is 5. The van der Waals surface area contributed by atoms with Crippen molar-refractivity contribution < 1.29 is 31.4 Å². The second-order valence-corrected chi connectivity index (χ2v) is 6.57. The van der Waals surface area contributed by atoms with E-state index >= 15 is 4.39 Å². The quantitative estimate of drug-likeness (QED) is 0.325. The molecule has 2 aromatic heterocycles. The summed E-state index contributed by atoms with van der Waals surface area (Å²) in [5.74, 6) is 0.0674. The van der Waals surface area contributed by atoms with Gasteiger partial charge in [0.15, 0.2) is 12.4 Å². The summed E-state index contributed by atoms with van der Waals surface area (Å²) in [4.78, 5) is 11.7. The third-order valence-corrected chi connectivity index (χ3v) is 4.58. The SMILES string of the molecule is C#Cc1c(F)ccc2cccc(-c3ncc4c(OCC(F)(F)F)nc(OC)nc4c3F)c12. The van der Waals surface area contributed by atoms with Crippen LogP contribution in [0.3, 0.4) is 0 Å². The lowest BCUT2D eigenvalue weighted by Crippen LogP contribution is -2.20. The molecule has 4 rings (SSSR count). The maximum absolute atomic E-state index is 15.6. The number of methoxy groups -OCH3 is 1. The van der Waals surface area contributed by atoms with Crippen molar-refractivity contribution in [1.82, 2.24) is 15.0 Å². The zero-order chi connectivity index (χ0) is 23.0. The first kappa shape index (κ1) is 21.2. The van der Waals surface area contributed by atoms with E-state index in [1.165, 1.54) is 25.3 Å². The normalized spacial score (nSPS) is 11.5. The van der Waals surface area contributed by atoms with Crippen molar-refractivity contribution in [2.45, 2.75) is 6.18 Å². The zero-order valence-electron chi connectivity index (χ0n) is 16.3. The van der Waals surface area contributed by atoms with Crippen LogP contribution in [0.4, 0.5) is 22.0 Å². The van der Waals surface area contributed by atoms with Gasteiger partial charge in [-0.3, -0.25) is 4.98 Å². The summed E-state index contributed by atoms with van der Waals surface area (Å²) in [7, 11) is 1.17. The van der Waals surface area contributed by atoms with Crippen LogP contribution in [0.25, 0.3) is 32.9 Å². The monoisotopic (exact) mass is 445 g/mol. The number of terminal acetylenes is 1. The van der Waals surface area contributed by atoms with Crippen LogP contribution in [0, 0.1) is 24.0 Å². The second kappa shape index (κ2) is 7.92. The number of nitrogens with zero attached hydrogens (tertiary/aromatic N) is 3. The Morgan fingerprint density at radius 3 is 2.56 bits per heavy atom. The molecule has 0 atom stereocenters. The average molecular weight is 445 g/mol. The number of rotatable bonds is 4. The van der Waals surface area contributed by atoms with Crippen LogP contribution in [-0.2, 0) is 0 Å². The summed E-state index contributed by atoms with van der Waals surface area (Å²) in [5, 5.41) is 0.614. The Morgan fingerprint density at radius 1 is 1.09 bits per heavy atom. The lowest BCUT2D eigenvalue weighted by Gasteiger charge is -2.14. The summed E-state index contributed by atoms with van der Waals surface area (Å²) >= 11 is 0. The van der Waals surface area contributed by atoms with Gasteiger partial charge in [-0.2, -0.15) is 23.1 Å². The fraction of sp³-hybridized carbons (Fsp3) is 0.136. The van der Waals surface area contributed by atoms with Crippen LogP contribution in [-0.4, -0.2) is 34.8 Å². The van der Waals surface area contributed by atoms with Crippen LogP contribution < -0.4 is 9.47 Å². The van der Waals surface area contributed by atoms with Crippen molar-refractivity contribution >= 4 is 21.7 Å². The van der Waals surface area contributed by atoms with E-state index in [0.29, 0.717) is 5.39 Å². The average Bonchev–Trinajstić information content (AvgIpc) is 2.77. The van der Waals surface area contributed by atoms with Crippen molar-refractivity contribution in [3.8, 4) is 35.5 Å². The predicted octanol–water partition coefficient (Wildman–Crippen LogP) is 5.05. The van der Waals surface area contributed by atoms with Gasteiger partial charge in [0.1, 0.15) is 17.0 Å². The van der Waals surface area contributed by atoms with E-state index in [-0.39, 0.29) is 33.1 Å². The molecule has 4 aromatic rings.